The fraction of sp³-hybridized carbons (Fsp3) is 0.208. The number of hydrogen-bond acceptors (Lipinski definition) is 2. The second kappa shape index (κ2) is 8.36. The largest absolute Gasteiger partial charge is 0.339 e. The molecule has 0 aliphatic rings. The maximum absolute atomic E-state index is 13.4. The molecule has 0 fully saturated rings. The number of nitrogens with zero attached hydrogens (tertiary/aromatic N) is 1. The first kappa shape index (κ1) is 18.4. The molecule has 142 valence electrons. The van der Waals surface area contributed by atoms with Crippen molar-refractivity contribution in [2.24, 2.45) is 5.73 Å². The molecule has 0 saturated heterocycles. The van der Waals surface area contributed by atoms with Crippen LogP contribution < -0.4 is 5.73 Å². The normalized spacial score (nSPS) is 11.8. The van der Waals surface area contributed by atoms with E-state index in [0.29, 0.717) is 0 Å². The number of fused-ring (bicyclic) bond motifs is 3. The second-order valence-electron chi connectivity index (χ2n) is 7.11. The third-order valence-corrected chi connectivity index (χ3v) is 5.07. The number of hydrogen-bond donors (Lipinski definition) is 2. The van der Waals surface area contributed by atoms with Crippen molar-refractivity contribution >= 4 is 34.1 Å². The third kappa shape index (κ3) is 3.97. The van der Waals surface area contributed by atoms with Crippen molar-refractivity contribution in [2.45, 2.75) is 25.7 Å². The van der Waals surface area contributed by atoms with Crippen LogP contribution in [0.15, 0.2) is 54.7 Å². The maximum atomic E-state index is 13.4. The van der Waals surface area contributed by atoms with Crippen molar-refractivity contribution in [3.63, 3.8) is 0 Å². The van der Waals surface area contributed by atoms with Crippen LogP contribution in [0.25, 0.3) is 34.1 Å². The predicted molar refractivity (Wildman–Crippen MR) is 116 cm³/mol. The van der Waals surface area contributed by atoms with Gasteiger partial charge in [-0.2, -0.15) is 0 Å². The van der Waals surface area contributed by atoms with E-state index in [2.05, 4.69) is 34.2 Å². The number of unbranched alkanes of at least 4 members (excludes halogenated alkanes) is 2. The van der Waals surface area contributed by atoms with Crippen molar-refractivity contribution in [2.75, 3.05) is 6.54 Å². The molecular weight excluding hydrogens is 349 g/mol. The number of nitrogens with one attached hydrogen (secondary N) is 1. The van der Waals surface area contributed by atoms with Gasteiger partial charge in [0.1, 0.15) is 11.5 Å². The van der Waals surface area contributed by atoms with Gasteiger partial charge in [-0.3, -0.25) is 0 Å². The second-order valence-corrected chi connectivity index (χ2v) is 7.11. The number of pyridine rings is 1. The molecule has 0 amide bonds. The molecule has 3 nitrogen and oxygen atoms in total. The van der Waals surface area contributed by atoms with E-state index in [4.69, 9.17) is 5.73 Å². The highest BCUT2D eigenvalue weighted by Gasteiger charge is 2.10. The molecule has 0 bridgehead atoms. The average molecular weight is 373 g/mol. The van der Waals surface area contributed by atoms with Crippen LogP contribution in [-0.4, -0.2) is 16.5 Å². The van der Waals surface area contributed by atoms with E-state index in [9.17, 15) is 4.39 Å². The molecule has 0 aliphatic heterocycles. The van der Waals surface area contributed by atoms with E-state index in [0.717, 1.165) is 54.5 Å². The first-order chi connectivity index (χ1) is 13.7. The van der Waals surface area contributed by atoms with Crippen molar-refractivity contribution in [3.05, 3.63) is 77.2 Å². The van der Waals surface area contributed by atoms with Gasteiger partial charge in [0.05, 0.1) is 0 Å². The molecule has 0 saturated carbocycles. The van der Waals surface area contributed by atoms with E-state index in [1.54, 1.807) is 6.07 Å². The highest BCUT2D eigenvalue weighted by atomic mass is 19.1. The fourth-order valence-corrected chi connectivity index (χ4v) is 3.65. The molecule has 2 aromatic heterocycles. The molecular formula is C24H24FN3. The van der Waals surface area contributed by atoms with Crippen molar-refractivity contribution in [3.8, 4) is 0 Å². The summed E-state index contributed by atoms with van der Waals surface area (Å²) in [7, 11) is 0. The minimum Gasteiger partial charge on any atom is -0.339 e. The van der Waals surface area contributed by atoms with E-state index in [-0.39, 0.29) is 5.82 Å². The van der Waals surface area contributed by atoms with Crippen molar-refractivity contribution in [1.29, 1.82) is 0 Å². The Kier molecular flexibility index (Phi) is 5.49. The highest BCUT2D eigenvalue weighted by molar-refractivity contribution is 6.08. The van der Waals surface area contributed by atoms with Crippen LogP contribution in [-0.2, 0) is 6.42 Å². The Morgan fingerprint density at radius 1 is 0.964 bits per heavy atom. The predicted octanol–water partition coefficient (Wildman–Crippen LogP) is 5.70. The number of benzene rings is 2. The monoisotopic (exact) mass is 373 g/mol. The number of halogens is 1. The number of aromatic nitrogens is 2. The zero-order valence-corrected chi connectivity index (χ0v) is 15.8. The van der Waals surface area contributed by atoms with Gasteiger partial charge >= 0.3 is 0 Å². The molecule has 28 heavy (non-hydrogen) atoms. The summed E-state index contributed by atoms with van der Waals surface area (Å²) in [6.07, 6.45) is 10.2. The van der Waals surface area contributed by atoms with Crippen LogP contribution in [0.1, 0.15) is 36.0 Å². The Balaban J connectivity index is 1.68. The number of rotatable bonds is 7. The van der Waals surface area contributed by atoms with Crippen LogP contribution >= 0.6 is 0 Å². The van der Waals surface area contributed by atoms with E-state index >= 15 is 0 Å². The van der Waals surface area contributed by atoms with E-state index in [1.165, 1.54) is 28.5 Å². The summed E-state index contributed by atoms with van der Waals surface area (Å²) in [6.45, 7) is 0.750. The van der Waals surface area contributed by atoms with Crippen LogP contribution in [0, 0.1) is 5.82 Å². The lowest BCUT2D eigenvalue weighted by Crippen LogP contribution is -1.98. The number of H-pyrrole nitrogens is 1. The Hall–Kier alpha value is -2.98. The molecule has 0 spiro atoms. The number of nitrogens with two attached hydrogens (primary N) is 1. The van der Waals surface area contributed by atoms with E-state index in [1.807, 2.05) is 24.4 Å². The van der Waals surface area contributed by atoms with Gasteiger partial charge in [-0.05, 0) is 72.8 Å². The summed E-state index contributed by atoms with van der Waals surface area (Å²) in [6, 6.07) is 15.0. The summed E-state index contributed by atoms with van der Waals surface area (Å²) in [5.41, 5.74) is 10.9. The average Bonchev–Trinajstić information content (AvgIpc) is 3.08. The first-order valence-electron chi connectivity index (χ1n) is 9.77. The summed E-state index contributed by atoms with van der Waals surface area (Å²) in [4.78, 5) is 7.94. The summed E-state index contributed by atoms with van der Waals surface area (Å²) < 4.78 is 13.4. The fourth-order valence-electron chi connectivity index (χ4n) is 3.65. The smallest absolute Gasteiger partial charge is 0.138 e. The lowest BCUT2D eigenvalue weighted by molar-refractivity contribution is 0.627. The Labute approximate surface area is 164 Å². The van der Waals surface area contributed by atoms with Crippen molar-refractivity contribution in [1.82, 2.24) is 9.97 Å². The molecule has 4 aromatic rings. The number of aromatic amines is 1. The van der Waals surface area contributed by atoms with Gasteiger partial charge in [0.15, 0.2) is 0 Å². The van der Waals surface area contributed by atoms with Gasteiger partial charge in [0, 0.05) is 22.5 Å². The van der Waals surface area contributed by atoms with Crippen molar-refractivity contribution < 1.29 is 4.39 Å². The van der Waals surface area contributed by atoms with Crippen LogP contribution in [0.4, 0.5) is 4.39 Å². The highest BCUT2D eigenvalue weighted by Crippen LogP contribution is 2.29. The Morgan fingerprint density at radius 3 is 2.64 bits per heavy atom. The van der Waals surface area contributed by atoms with Crippen LogP contribution in [0.2, 0.25) is 0 Å². The standard InChI is InChI=1S/C24H24FN3/c25-20-7-4-5-17(15-20)8-9-18-10-11-22-21(16-18)23-19(6-2-1-3-13-26)12-14-27-24(23)28-22/h4-5,7-12,14-16H,1-3,6,13,26H2,(H,27,28). The maximum Gasteiger partial charge on any atom is 0.138 e. The van der Waals surface area contributed by atoms with Gasteiger partial charge < -0.3 is 10.7 Å². The molecule has 0 atom stereocenters. The quantitative estimate of drug-likeness (QED) is 0.323. The van der Waals surface area contributed by atoms with Crippen LogP contribution in [0.5, 0.6) is 0 Å². The minimum absolute atomic E-state index is 0.223. The van der Waals surface area contributed by atoms with Crippen LogP contribution in [0.3, 0.4) is 0 Å². The molecule has 4 heteroatoms. The van der Waals surface area contributed by atoms with Gasteiger partial charge in [0.2, 0.25) is 0 Å². The summed E-state index contributed by atoms with van der Waals surface area (Å²) in [5.74, 6) is -0.223. The first-order valence-corrected chi connectivity index (χ1v) is 9.77. The molecule has 0 unspecified atom stereocenters. The van der Waals surface area contributed by atoms with Gasteiger partial charge in [0.25, 0.3) is 0 Å². The molecule has 0 radical (unpaired) electrons. The zero-order chi connectivity index (χ0) is 19.3. The lowest BCUT2D eigenvalue weighted by atomic mass is 10.0. The van der Waals surface area contributed by atoms with Gasteiger partial charge in [-0.25, -0.2) is 9.37 Å². The summed E-state index contributed by atoms with van der Waals surface area (Å²) in [5, 5.41) is 2.38. The Morgan fingerprint density at radius 2 is 1.82 bits per heavy atom. The molecule has 4 rings (SSSR count). The molecule has 3 N–H and O–H groups in total. The Bertz CT molecular complexity index is 1130. The zero-order valence-electron chi connectivity index (χ0n) is 15.8. The lowest BCUT2D eigenvalue weighted by Gasteiger charge is -2.04. The van der Waals surface area contributed by atoms with Gasteiger partial charge in [-0.15, -0.1) is 0 Å². The molecule has 2 aromatic carbocycles. The number of aryl methyl sites for hydroxylation is 1. The van der Waals surface area contributed by atoms with Gasteiger partial charge in [-0.1, -0.05) is 36.8 Å². The summed E-state index contributed by atoms with van der Waals surface area (Å²) >= 11 is 0. The molecule has 2 heterocycles. The SMILES string of the molecule is NCCCCCc1ccnc2[nH]c3ccc(C=Cc4cccc(F)c4)cc3c12. The third-order valence-electron chi connectivity index (χ3n) is 5.07. The topological polar surface area (TPSA) is 54.7 Å². The van der Waals surface area contributed by atoms with E-state index < -0.39 is 0 Å². The molecule has 0 aliphatic carbocycles. The minimum atomic E-state index is -0.223.